The summed E-state index contributed by atoms with van der Waals surface area (Å²) in [6.45, 7) is 4.84. The van der Waals surface area contributed by atoms with Gasteiger partial charge in [-0.15, -0.1) is 0 Å². The molecule has 1 unspecified atom stereocenters. The third-order valence-corrected chi connectivity index (χ3v) is 5.26. The zero-order valence-corrected chi connectivity index (χ0v) is 18.3. The first-order valence-corrected chi connectivity index (χ1v) is 10.8. The molecule has 4 nitrogen and oxygen atoms in total. The van der Waals surface area contributed by atoms with Crippen LogP contribution in [0.2, 0.25) is 0 Å². The van der Waals surface area contributed by atoms with E-state index < -0.39 is 6.04 Å². The van der Waals surface area contributed by atoms with Crippen molar-refractivity contribution in [2.75, 3.05) is 6.54 Å². The lowest BCUT2D eigenvalue weighted by atomic mass is 10.0. The molecular weight excluding hydrogens is 384 g/mol. The van der Waals surface area contributed by atoms with Gasteiger partial charge in [-0.1, -0.05) is 90.5 Å². The maximum Gasteiger partial charge on any atom is 0.243 e. The van der Waals surface area contributed by atoms with Crippen LogP contribution in [0.15, 0.2) is 84.9 Å². The van der Waals surface area contributed by atoms with Gasteiger partial charge >= 0.3 is 0 Å². The van der Waals surface area contributed by atoms with E-state index in [4.69, 9.17) is 0 Å². The van der Waals surface area contributed by atoms with E-state index in [1.54, 1.807) is 4.90 Å². The Morgan fingerprint density at radius 1 is 0.839 bits per heavy atom. The minimum atomic E-state index is -0.584. The van der Waals surface area contributed by atoms with Gasteiger partial charge in [0.05, 0.1) is 6.42 Å². The molecule has 1 N–H and O–H groups in total. The number of hydrogen-bond donors (Lipinski definition) is 1. The number of rotatable bonds is 9. The molecule has 0 aromatic heterocycles. The molecule has 0 bridgehead atoms. The fourth-order valence-corrected chi connectivity index (χ4v) is 3.73. The molecule has 3 aromatic carbocycles. The summed E-state index contributed by atoms with van der Waals surface area (Å²) in [5.41, 5.74) is 4.12. The Morgan fingerprint density at radius 2 is 1.45 bits per heavy atom. The van der Waals surface area contributed by atoms with Crippen LogP contribution in [0, 0.1) is 6.92 Å². The maximum absolute atomic E-state index is 13.5. The van der Waals surface area contributed by atoms with Gasteiger partial charge in [0.2, 0.25) is 11.8 Å². The molecule has 3 aromatic rings. The molecule has 4 heteroatoms. The molecule has 0 aliphatic carbocycles. The van der Waals surface area contributed by atoms with Gasteiger partial charge in [-0.2, -0.15) is 0 Å². The minimum Gasteiger partial charge on any atom is -0.355 e. The number of hydrogen-bond acceptors (Lipinski definition) is 2. The molecule has 0 aliphatic heterocycles. The second kappa shape index (κ2) is 11.1. The lowest BCUT2D eigenvalue weighted by molar-refractivity contribution is -0.140. The number of carbonyl (C=O) groups is 2. The Kier molecular flexibility index (Phi) is 7.99. The fourth-order valence-electron chi connectivity index (χ4n) is 3.73. The fraction of sp³-hybridized carbons (Fsp3) is 0.259. The molecule has 3 rings (SSSR count). The Bertz CT molecular complexity index is 986. The van der Waals surface area contributed by atoms with E-state index in [1.165, 1.54) is 0 Å². The SMILES string of the molecule is CCNC(=O)C(Cc1ccccc1)N(Cc1cccc(C)c1)C(=O)Cc1ccccc1. The molecule has 1 atom stereocenters. The lowest BCUT2D eigenvalue weighted by Crippen LogP contribution is -2.50. The Balaban J connectivity index is 1.94. The molecule has 31 heavy (non-hydrogen) atoms. The summed E-state index contributed by atoms with van der Waals surface area (Å²) in [6, 6.07) is 27.1. The molecule has 0 spiro atoms. The number of benzene rings is 3. The third-order valence-electron chi connectivity index (χ3n) is 5.26. The number of likely N-dealkylation sites (N-methyl/N-ethyl adjacent to an activating group) is 1. The summed E-state index contributed by atoms with van der Waals surface area (Å²) in [7, 11) is 0. The summed E-state index contributed by atoms with van der Waals surface area (Å²) in [5.74, 6) is -0.180. The summed E-state index contributed by atoms with van der Waals surface area (Å²) >= 11 is 0. The first-order valence-electron chi connectivity index (χ1n) is 10.8. The van der Waals surface area contributed by atoms with Gasteiger partial charge in [-0.3, -0.25) is 9.59 Å². The van der Waals surface area contributed by atoms with Crippen LogP contribution >= 0.6 is 0 Å². The number of nitrogens with zero attached hydrogens (tertiary/aromatic N) is 1. The standard InChI is InChI=1S/C27H30N2O2/c1-3-28-27(31)25(18-22-12-6-4-7-13-22)29(20-24-16-10-11-21(2)17-24)26(30)19-23-14-8-5-9-15-23/h4-17,25H,3,18-20H2,1-2H3,(H,28,31). The number of carbonyl (C=O) groups excluding carboxylic acids is 2. The smallest absolute Gasteiger partial charge is 0.243 e. The highest BCUT2D eigenvalue weighted by Gasteiger charge is 2.30. The van der Waals surface area contributed by atoms with Crippen molar-refractivity contribution < 1.29 is 9.59 Å². The van der Waals surface area contributed by atoms with Crippen molar-refractivity contribution in [2.45, 2.75) is 39.3 Å². The topological polar surface area (TPSA) is 49.4 Å². The van der Waals surface area contributed by atoms with Gasteiger partial charge in [-0.25, -0.2) is 0 Å². The van der Waals surface area contributed by atoms with Gasteiger partial charge in [0.15, 0.2) is 0 Å². The van der Waals surface area contributed by atoms with Gasteiger partial charge in [0.25, 0.3) is 0 Å². The predicted molar refractivity (Wildman–Crippen MR) is 124 cm³/mol. The highest BCUT2D eigenvalue weighted by molar-refractivity contribution is 5.88. The second-order valence-corrected chi connectivity index (χ2v) is 7.77. The highest BCUT2D eigenvalue weighted by atomic mass is 16.2. The Morgan fingerprint density at radius 3 is 2.06 bits per heavy atom. The largest absolute Gasteiger partial charge is 0.355 e. The summed E-state index contributed by atoms with van der Waals surface area (Å²) in [6.07, 6.45) is 0.733. The summed E-state index contributed by atoms with van der Waals surface area (Å²) in [5, 5.41) is 2.93. The highest BCUT2D eigenvalue weighted by Crippen LogP contribution is 2.17. The molecule has 160 valence electrons. The number of nitrogens with one attached hydrogen (secondary N) is 1. The molecule has 0 heterocycles. The van der Waals surface area contributed by atoms with E-state index in [-0.39, 0.29) is 18.2 Å². The lowest BCUT2D eigenvalue weighted by Gasteiger charge is -2.31. The van der Waals surface area contributed by atoms with E-state index in [2.05, 4.69) is 11.4 Å². The van der Waals surface area contributed by atoms with E-state index in [0.29, 0.717) is 19.5 Å². The van der Waals surface area contributed by atoms with Gasteiger partial charge in [0.1, 0.15) is 6.04 Å². The number of aryl methyl sites for hydroxylation is 1. The van der Waals surface area contributed by atoms with E-state index in [1.807, 2.05) is 92.7 Å². The normalized spacial score (nSPS) is 11.5. The van der Waals surface area contributed by atoms with Crippen LogP contribution in [0.4, 0.5) is 0 Å². The number of amides is 2. The monoisotopic (exact) mass is 414 g/mol. The summed E-state index contributed by atoms with van der Waals surface area (Å²) < 4.78 is 0. The van der Waals surface area contributed by atoms with E-state index in [9.17, 15) is 9.59 Å². The zero-order chi connectivity index (χ0) is 22.1. The van der Waals surface area contributed by atoms with Crippen LogP contribution in [-0.4, -0.2) is 29.3 Å². The zero-order valence-electron chi connectivity index (χ0n) is 18.3. The quantitative estimate of drug-likeness (QED) is 0.567. The van der Waals surface area contributed by atoms with Crippen molar-refractivity contribution in [1.29, 1.82) is 0 Å². The van der Waals surface area contributed by atoms with Gasteiger partial charge in [-0.05, 0) is 30.5 Å². The maximum atomic E-state index is 13.5. The van der Waals surface area contributed by atoms with Crippen molar-refractivity contribution >= 4 is 11.8 Å². The van der Waals surface area contributed by atoms with E-state index in [0.717, 1.165) is 22.3 Å². The molecular formula is C27H30N2O2. The molecule has 0 saturated carbocycles. The predicted octanol–water partition coefficient (Wildman–Crippen LogP) is 4.31. The molecule has 0 radical (unpaired) electrons. The van der Waals surface area contributed by atoms with E-state index >= 15 is 0 Å². The van der Waals surface area contributed by atoms with Crippen molar-refractivity contribution in [2.24, 2.45) is 0 Å². The third kappa shape index (κ3) is 6.54. The average Bonchev–Trinajstić information content (AvgIpc) is 2.77. The van der Waals surface area contributed by atoms with Gasteiger partial charge in [0, 0.05) is 19.5 Å². The van der Waals surface area contributed by atoms with Crippen molar-refractivity contribution in [1.82, 2.24) is 10.2 Å². The van der Waals surface area contributed by atoms with Crippen molar-refractivity contribution in [3.8, 4) is 0 Å². The Hall–Kier alpha value is -3.40. The first kappa shape index (κ1) is 22.3. The van der Waals surface area contributed by atoms with Crippen LogP contribution < -0.4 is 5.32 Å². The second-order valence-electron chi connectivity index (χ2n) is 7.77. The molecule has 2 amide bonds. The van der Waals surface area contributed by atoms with Crippen LogP contribution in [0.3, 0.4) is 0 Å². The van der Waals surface area contributed by atoms with Crippen LogP contribution in [-0.2, 0) is 29.0 Å². The molecule has 0 saturated heterocycles. The first-order chi connectivity index (χ1) is 15.1. The summed E-state index contributed by atoms with van der Waals surface area (Å²) in [4.78, 5) is 28.3. The molecule has 0 fully saturated rings. The molecule has 0 aliphatic rings. The van der Waals surface area contributed by atoms with Crippen LogP contribution in [0.25, 0.3) is 0 Å². The van der Waals surface area contributed by atoms with Crippen LogP contribution in [0.1, 0.15) is 29.2 Å². The Labute approximate surface area is 184 Å². The van der Waals surface area contributed by atoms with Crippen LogP contribution in [0.5, 0.6) is 0 Å². The van der Waals surface area contributed by atoms with Gasteiger partial charge < -0.3 is 10.2 Å². The van der Waals surface area contributed by atoms with Crippen molar-refractivity contribution in [3.05, 3.63) is 107 Å². The van der Waals surface area contributed by atoms with Crippen molar-refractivity contribution in [3.63, 3.8) is 0 Å². The average molecular weight is 415 g/mol. The minimum absolute atomic E-state index is 0.0557.